The van der Waals surface area contributed by atoms with Crippen LogP contribution in [0.4, 0.5) is 4.79 Å². The first-order valence-corrected chi connectivity index (χ1v) is 11.7. The van der Waals surface area contributed by atoms with E-state index in [1.807, 2.05) is 68.4 Å². The summed E-state index contributed by atoms with van der Waals surface area (Å²) in [5.41, 5.74) is 2.00. The fourth-order valence-corrected chi connectivity index (χ4v) is 5.10. The highest BCUT2D eigenvalue weighted by atomic mass is 35.5. The molecular formula is C25H24ClN3O3S. The Bertz CT molecular complexity index is 1230. The van der Waals surface area contributed by atoms with Crippen molar-refractivity contribution in [1.29, 1.82) is 0 Å². The van der Waals surface area contributed by atoms with Crippen molar-refractivity contribution in [2.75, 3.05) is 13.6 Å². The van der Waals surface area contributed by atoms with Gasteiger partial charge in [-0.05, 0) is 48.2 Å². The van der Waals surface area contributed by atoms with Gasteiger partial charge >= 0.3 is 6.03 Å². The van der Waals surface area contributed by atoms with Crippen LogP contribution in [0.5, 0.6) is 0 Å². The topological polar surface area (TPSA) is 69.7 Å². The van der Waals surface area contributed by atoms with Crippen molar-refractivity contribution in [3.63, 3.8) is 0 Å². The van der Waals surface area contributed by atoms with E-state index in [0.717, 1.165) is 20.9 Å². The quantitative estimate of drug-likeness (QED) is 0.528. The van der Waals surface area contributed by atoms with Gasteiger partial charge in [-0.2, -0.15) is 0 Å². The van der Waals surface area contributed by atoms with Crippen LogP contribution in [-0.2, 0) is 21.7 Å². The Morgan fingerprint density at radius 2 is 1.76 bits per heavy atom. The summed E-state index contributed by atoms with van der Waals surface area (Å²) >= 11 is 7.36. The molecule has 1 aliphatic heterocycles. The molecule has 2 heterocycles. The van der Waals surface area contributed by atoms with Crippen LogP contribution < -0.4 is 5.32 Å². The highest BCUT2D eigenvalue weighted by molar-refractivity contribution is 7.16. The van der Waals surface area contributed by atoms with Crippen LogP contribution in [0.2, 0.25) is 4.34 Å². The monoisotopic (exact) mass is 481 g/mol. The lowest BCUT2D eigenvalue weighted by Gasteiger charge is -2.28. The molecule has 0 aliphatic carbocycles. The third-order valence-corrected chi connectivity index (χ3v) is 7.21. The summed E-state index contributed by atoms with van der Waals surface area (Å²) in [6.07, 6.45) is 0. The smallest absolute Gasteiger partial charge is 0.326 e. The van der Waals surface area contributed by atoms with E-state index in [2.05, 4.69) is 5.32 Å². The summed E-state index contributed by atoms with van der Waals surface area (Å²) in [6, 6.07) is 17.9. The van der Waals surface area contributed by atoms with E-state index in [4.69, 9.17) is 11.6 Å². The summed E-state index contributed by atoms with van der Waals surface area (Å²) in [4.78, 5) is 43.2. The van der Waals surface area contributed by atoms with Crippen LogP contribution >= 0.6 is 22.9 Å². The van der Waals surface area contributed by atoms with Gasteiger partial charge in [-0.1, -0.05) is 60.1 Å². The fraction of sp³-hybridized carbons (Fsp3) is 0.240. The lowest BCUT2D eigenvalue weighted by molar-refractivity contribution is -0.138. The Kier molecular flexibility index (Phi) is 6.28. The summed E-state index contributed by atoms with van der Waals surface area (Å²) in [7, 11) is 1.64. The molecule has 1 N–H and O–H groups in total. The second-order valence-corrected chi connectivity index (χ2v) is 9.99. The van der Waals surface area contributed by atoms with Crippen LogP contribution in [0.25, 0.3) is 0 Å². The molecule has 8 heteroatoms. The van der Waals surface area contributed by atoms with Crippen LogP contribution in [0, 0.1) is 13.8 Å². The number of carbonyl (C=O) groups excluding carboxylic acids is 3. The standard InChI is InChI=1S/C25H24ClN3O3S/c1-16-9-10-19(13-17(16)2)25(18-7-5-4-6-8-18)23(31)29(24(32)27-25)15-22(30)28(3)14-20-11-12-21(26)33-20/h4-13H,14-15H2,1-3H3,(H,27,32)/t25-/m0/s1. The fourth-order valence-electron chi connectivity index (χ4n) is 3.96. The minimum absolute atomic E-state index is 0.341. The van der Waals surface area contributed by atoms with Crippen molar-refractivity contribution >= 4 is 40.8 Å². The number of nitrogens with one attached hydrogen (secondary N) is 1. The molecule has 4 amide bonds. The first-order valence-electron chi connectivity index (χ1n) is 10.5. The van der Waals surface area contributed by atoms with Crippen LogP contribution in [0.1, 0.15) is 27.1 Å². The molecule has 1 atom stereocenters. The second-order valence-electron chi connectivity index (χ2n) is 8.19. The molecule has 4 rings (SSSR count). The number of aryl methyl sites for hydroxylation is 2. The lowest BCUT2D eigenvalue weighted by Crippen LogP contribution is -2.46. The molecule has 1 saturated heterocycles. The maximum Gasteiger partial charge on any atom is 0.326 e. The molecular weight excluding hydrogens is 458 g/mol. The lowest BCUT2D eigenvalue weighted by atomic mass is 9.81. The molecule has 0 unspecified atom stereocenters. The molecule has 3 aromatic rings. The van der Waals surface area contributed by atoms with Gasteiger partial charge in [0.1, 0.15) is 6.54 Å². The highest BCUT2D eigenvalue weighted by Gasteiger charge is 2.54. The first kappa shape index (κ1) is 23.0. The Morgan fingerprint density at radius 1 is 1.03 bits per heavy atom. The molecule has 1 aromatic heterocycles. The van der Waals surface area contributed by atoms with Gasteiger partial charge in [-0.3, -0.25) is 14.5 Å². The normalized spacial score (nSPS) is 17.9. The van der Waals surface area contributed by atoms with Gasteiger partial charge < -0.3 is 10.2 Å². The van der Waals surface area contributed by atoms with Crippen LogP contribution in [0.3, 0.4) is 0 Å². The number of rotatable bonds is 6. The van der Waals surface area contributed by atoms with Crippen molar-refractivity contribution in [1.82, 2.24) is 15.1 Å². The van der Waals surface area contributed by atoms with Gasteiger partial charge in [-0.25, -0.2) is 4.79 Å². The van der Waals surface area contributed by atoms with Crippen LogP contribution in [-0.4, -0.2) is 41.2 Å². The number of imide groups is 1. The molecule has 0 radical (unpaired) electrons. The molecule has 2 aromatic carbocycles. The van der Waals surface area contributed by atoms with Crippen molar-refractivity contribution in [3.8, 4) is 0 Å². The van der Waals surface area contributed by atoms with E-state index >= 15 is 0 Å². The molecule has 0 saturated carbocycles. The van der Waals surface area contributed by atoms with E-state index in [9.17, 15) is 14.4 Å². The van der Waals surface area contributed by atoms with Gasteiger partial charge in [0.2, 0.25) is 5.91 Å². The highest BCUT2D eigenvalue weighted by Crippen LogP contribution is 2.37. The average Bonchev–Trinajstić information content (AvgIpc) is 3.32. The maximum atomic E-state index is 13.8. The van der Waals surface area contributed by atoms with Crippen molar-refractivity contribution in [2.24, 2.45) is 0 Å². The van der Waals surface area contributed by atoms with Crippen molar-refractivity contribution in [3.05, 3.63) is 92.1 Å². The average molecular weight is 482 g/mol. The first-order chi connectivity index (χ1) is 15.7. The van der Waals surface area contributed by atoms with Crippen molar-refractivity contribution < 1.29 is 14.4 Å². The predicted molar refractivity (Wildman–Crippen MR) is 129 cm³/mol. The van der Waals surface area contributed by atoms with Crippen LogP contribution in [0.15, 0.2) is 60.7 Å². The SMILES string of the molecule is Cc1ccc([C@]2(c3ccccc3)NC(=O)N(CC(=O)N(C)Cc3ccc(Cl)s3)C2=O)cc1C. The molecule has 1 aliphatic rings. The van der Waals surface area contributed by atoms with E-state index < -0.39 is 17.5 Å². The minimum Gasteiger partial charge on any atom is -0.339 e. The number of likely N-dealkylation sites (N-methyl/N-ethyl adjacent to an activating group) is 1. The molecule has 33 heavy (non-hydrogen) atoms. The van der Waals surface area contributed by atoms with Gasteiger partial charge in [0.25, 0.3) is 5.91 Å². The van der Waals surface area contributed by atoms with Crippen molar-refractivity contribution in [2.45, 2.75) is 25.9 Å². The summed E-state index contributed by atoms with van der Waals surface area (Å²) in [5.74, 6) is -0.810. The summed E-state index contributed by atoms with van der Waals surface area (Å²) < 4.78 is 0.640. The maximum absolute atomic E-state index is 13.8. The van der Waals surface area contributed by atoms with Gasteiger partial charge in [0.15, 0.2) is 5.54 Å². The summed E-state index contributed by atoms with van der Waals surface area (Å²) in [6.45, 7) is 3.96. The Hall–Kier alpha value is -3.16. The van der Waals surface area contributed by atoms with Gasteiger partial charge in [0, 0.05) is 11.9 Å². The predicted octanol–water partition coefficient (Wildman–Crippen LogP) is 4.47. The Balaban J connectivity index is 1.65. The number of nitrogens with zero attached hydrogens (tertiary/aromatic N) is 2. The van der Waals surface area contributed by atoms with E-state index in [1.54, 1.807) is 13.1 Å². The Morgan fingerprint density at radius 3 is 2.39 bits per heavy atom. The number of halogens is 1. The summed E-state index contributed by atoms with van der Waals surface area (Å²) in [5, 5.41) is 2.90. The zero-order valence-corrected chi connectivity index (χ0v) is 20.2. The number of benzene rings is 2. The number of urea groups is 1. The number of hydrogen-bond acceptors (Lipinski definition) is 4. The van der Waals surface area contributed by atoms with E-state index in [0.29, 0.717) is 22.0 Å². The molecule has 0 bridgehead atoms. The van der Waals surface area contributed by atoms with Gasteiger partial charge in [0.05, 0.1) is 10.9 Å². The number of thiophene rings is 1. The largest absolute Gasteiger partial charge is 0.339 e. The number of carbonyl (C=O) groups is 3. The van der Waals surface area contributed by atoms with Gasteiger partial charge in [-0.15, -0.1) is 11.3 Å². The third-order valence-electron chi connectivity index (χ3n) is 5.99. The molecule has 1 fully saturated rings. The Labute approximate surface area is 201 Å². The minimum atomic E-state index is -1.39. The van der Waals surface area contributed by atoms with E-state index in [-0.39, 0.29) is 12.5 Å². The van der Waals surface area contributed by atoms with E-state index in [1.165, 1.54) is 16.2 Å². The molecule has 6 nitrogen and oxygen atoms in total. The second kappa shape index (κ2) is 9.00. The zero-order valence-electron chi connectivity index (χ0n) is 18.6. The zero-order chi connectivity index (χ0) is 23.8. The number of amides is 4. The molecule has 0 spiro atoms. The number of hydrogen-bond donors (Lipinski definition) is 1. The third kappa shape index (κ3) is 4.26. The molecule has 170 valence electrons.